The van der Waals surface area contributed by atoms with Crippen LogP contribution < -0.4 is 16.4 Å². The van der Waals surface area contributed by atoms with Gasteiger partial charge in [-0.3, -0.25) is 24.1 Å². The van der Waals surface area contributed by atoms with Gasteiger partial charge in [-0.15, -0.1) is 0 Å². The Bertz CT molecular complexity index is 806. The van der Waals surface area contributed by atoms with Gasteiger partial charge in [0.2, 0.25) is 23.6 Å². The number of primary amides is 1. The lowest BCUT2D eigenvalue weighted by molar-refractivity contribution is -0.141. The standard InChI is InChI=1S/C17H23N7O5/c1-23-13(25)6-10(22-17(23)29)15(27)21-11(5-9-7-19-8-20-9)16(28)24-4-2-3-12(24)14(18)26/h7-8,10-12H,2-6H2,1H3,(H2,18,26)(H,19,20)(H,21,27)(H,22,29)/t10?,11-,12+/m0/s1. The third kappa shape index (κ3) is 4.36. The van der Waals surface area contributed by atoms with Crippen LogP contribution in [-0.2, 0) is 25.6 Å². The van der Waals surface area contributed by atoms with E-state index in [4.69, 9.17) is 5.73 Å². The van der Waals surface area contributed by atoms with Crippen molar-refractivity contribution in [1.82, 2.24) is 30.4 Å². The van der Waals surface area contributed by atoms with Crippen LogP contribution in [0.25, 0.3) is 0 Å². The van der Waals surface area contributed by atoms with Gasteiger partial charge in [-0.1, -0.05) is 0 Å². The Balaban J connectivity index is 1.76. The van der Waals surface area contributed by atoms with Crippen molar-refractivity contribution in [3.63, 3.8) is 0 Å². The molecule has 2 fully saturated rings. The fourth-order valence-corrected chi connectivity index (χ4v) is 3.50. The maximum atomic E-state index is 13.1. The average Bonchev–Trinajstić information content (AvgIpc) is 3.36. The first kappa shape index (κ1) is 20.3. The molecule has 2 saturated heterocycles. The molecule has 5 N–H and O–H groups in total. The van der Waals surface area contributed by atoms with Gasteiger partial charge >= 0.3 is 6.03 Å². The summed E-state index contributed by atoms with van der Waals surface area (Å²) in [7, 11) is 1.31. The fraction of sp³-hybridized carbons (Fsp3) is 0.529. The van der Waals surface area contributed by atoms with Crippen molar-refractivity contribution in [1.29, 1.82) is 0 Å². The van der Waals surface area contributed by atoms with Crippen molar-refractivity contribution in [2.24, 2.45) is 5.73 Å². The number of imidazole rings is 1. The highest BCUT2D eigenvalue weighted by atomic mass is 16.2. The summed E-state index contributed by atoms with van der Waals surface area (Å²) < 4.78 is 0. The van der Waals surface area contributed by atoms with E-state index in [1.54, 1.807) is 0 Å². The molecular weight excluding hydrogens is 382 g/mol. The number of imide groups is 1. The van der Waals surface area contributed by atoms with Gasteiger partial charge in [0, 0.05) is 31.9 Å². The van der Waals surface area contributed by atoms with E-state index in [9.17, 15) is 24.0 Å². The van der Waals surface area contributed by atoms with E-state index in [0.717, 1.165) is 4.90 Å². The highest BCUT2D eigenvalue weighted by molar-refractivity contribution is 6.03. The summed E-state index contributed by atoms with van der Waals surface area (Å²) in [6.45, 7) is 0.352. The Morgan fingerprint density at radius 1 is 1.38 bits per heavy atom. The normalized spacial score (nSPS) is 22.9. The number of amides is 6. The molecule has 29 heavy (non-hydrogen) atoms. The molecule has 0 saturated carbocycles. The number of nitrogens with one attached hydrogen (secondary N) is 3. The van der Waals surface area contributed by atoms with Gasteiger partial charge in [0.15, 0.2) is 0 Å². The largest absolute Gasteiger partial charge is 0.368 e. The molecule has 0 bridgehead atoms. The molecular formula is C17H23N7O5. The van der Waals surface area contributed by atoms with E-state index in [-0.39, 0.29) is 12.8 Å². The first-order valence-electron chi connectivity index (χ1n) is 9.22. The number of nitrogens with two attached hydrogens (primary N) is 1. The Morgan fingerprint density at radius 3 is 2.76 bits per heavy atom. The molecule has 3 rings (SSSR count). The van der Waals surface area contributed by atoms with Crippen LogP contribution in [0.2, 0.25) is 0 Å². The Hall–Kier alpha value is -3.44. The second-order valence-corrected chi connectivity index (χ2v) is 7.09. The van der Waals surface area contributed by atoms with E-state index >= 15 is 0 Å². The lowest BCUT2D eigenvalue weighted by atomic mass is 10.1. The van der Waals surface area contributed by atoms with E-state index in [2.05, 4.69) is 20.6 Å². The Labute approximate surface area is 166 Å². The van der Waals surface area contributed by atoms with Gasteiger partial charge in [-0.2, -0.15) is 0 Å². The van der Waals surface area contributed by atoms with Gasteiger partial charge < -0.3 is 26.3 Å². The molecule has 1 aromatic heterocycles. The molecule has 2 aliphatic rings. The highest BCUT2D eigenvalue weighted by Gasteiger charge is 2.39. The second-order valence-electron chi connectivity index (χ2n) is 7.09. The number of rotatable bonds is 6. The molecule has 156 valence electrons. The van der Waals surface area contributed by atoms with Gasteiger partial charge in [0.1, 0.15) is 18.1 Å². The van der Waals surface area contributed by atoms with Crippen LogP contribution in [0, 0.1) is 0 Å². The molecule has 1 aromatic rings. The van der Waals surface area contributed by atoms with Crippen LogP contribution in [0.3, 0.4) is 0 Å². The first-order chi connectivity index (χ1) is 13.8. The van der Waals surface area contributed by atoms with E-state index in [0.29, 0.717) is 25.1 Å². The number of aromatic amines is 1. The van der Waals surface area contributed by atoms with E-state index in [1.165, 1.54) is 24.5 Å². The van der Waals surface area contributed by atoms with Gasteiger partial charge in [-0.05, 0) is 12.8 Å². The van der Waals surface area contributed by atoms with Crippen molar-refractivity contribution in [2.75, 3.05) is 13.6 Å². The molecule has 12 heteroatoms. The number of hydrogen-bond donors (Lipinski definition) is 4. The van der Waals surface area contributed by atoms with Gasteiger partial charge in [0.05, 0.1) is 12.7 Å². The topological polar surface area (TPSA) is 171 Å². The minimum absolute atomic E-state index is 0.0983. The van der Waals surface area contributed by atoms with E-state index in [1.807, 2.05) is 0 Å². The Kier molecular flexibility index (Phi) is 5.80. The number of aromatic nitrogens is 2. The van der Waals surface area contributed by atoms with Gasteiger partial charge in [-0.25, -0.2) is 9.78 Å². The molecule has 0 aromatic carbocycles. The van der Waals surface area contributed by atoms with Crippen LogP contribution in [0.5, 0.6) is 0 Å². The minimum atomic E-state index is -1.09. The highest BCUT2D eigenvalue weighted by Crippen LogP contribution is 2.19. The summed E-state index contributed by atoms with van der Waals surface area (Å²) in [6, 6.07) is -3.53. The number of urea groups is 1. The zero-order chi connectivity index (χ0) is 21.1. The lowest BCUT2D eigenvalue weighted by Gasteiger charge is -2.31. The van der Waals surface area contributed by atoms with Crippen molar-refractivity contribution < 1.29 is 24.0 Å². The zero-order valence-corrected chi connectivity index (χ0v) is 15.9. The van der Waals surface area contributed by atoms with Crippen LogP contribution in [0.15, 0.2) is 12.5 Å². The molecule has 0 aliphatic carbocycles. The Morgan fingerprint density at radius 2 is 2.14 bits per heavy atom. The smallest absolute Gasteiger partial charge is 0.324 e. The van der Waals surface area contributed by atoms with Gasteiger partial charge in [0.25, 0.3) is 0 Å². The molecule has 12 nitrogen and oxygen atoms in total. The summed E-state index contributed by atoms with van der Waals surface area (Å²) in [6.07, 6.45) is 3.93. The number of carbonyl (C=O) groups excluding carboxylic acids is 5. The summed E-state index contributed by atoms with van der Waals surface area (Å²) in [5, 5.41) is 5.03. The zero-order valence-electron chi connectivity index (χ0n) is 15.9. The van der Waals surface area contributed by atoms with Crippen molar-refractivity contribution in [3.8, 4) is 0 Å². The average molecular weight is 405 g/mol. The van der Waals surface area contributed by atoms with E-state index < -0.39 is 47.8 Å². The number of nitrogens with zero attached hydrogens (tertiary/aromatic N) is 3. The maximum absolute atomic E-state index is 13.1. The molecule has 2 aliphatic heterocycles. The fourth-order valence-electron chi connectivity index (χ4n) is 3.50. The minimum Gasteiger partial charge on any atom is -0.368 e. The van der Waals surface area contributed by atoms with Crippen molar-refractivity contribution >= 4 is 29.7 Å². The SMILES string of the molecule is CN1C(=O)CC(C(=O)N[C@@H](Cc2cnc[nH]2)C(=O)N2CCC[C@@H]2C(N)=O)NC1=O. The molecule has 0 radical (unpaired) electrons. The maximum Gasteiger partial charge on any atom is 0.324 e. The van der Waals surface area contributed by atoms with Crippen LogP contribution in [-0.4, -0.2) is 81.1 Å². The summed E-state index contributed by atoms with van der Waals surface area (Å²) in [5.41, 5.74) is 6.00. The summed E-state index contributed by atoms with van der Waals surface area (Å²) in [4.78, 5) is 70.1. The lowest BCUT2D eigenvalue weighted by Crippen LogP contribution is -2.61. The second kappa shape index (κ2) is 8.29. The van der Waals surface area contributed by atoms with Crippen LogP contribution >= 0.6 is 0 Å². The number of H-pyrrole nitrogens is 1. The molecule has 3 heterocycles. The number of hydrogen-bond acceptors (Lipinski definition) is 6. The van der Waals surface area contributed by atoms with Crippen LogP contribution in [0.1, 0.15) is 25.0 Å². The van der Waals surface area contributed by atoms with Crippen LogP contribution in [0.4, 0.5) is 4.79 Å². The number of carbonyl (C=O) groups is 5. The third-order valence-electron chi connectivity index (χ3n) is 5.13. The first-order valence-corrected chi connectivity index (χ1v) is 9.22. The molecule has 3 atom stereocenters. The van der Waals surface area contributed by atoms with Crippen molar-refractivity contribution in [2.45, 2.75) is 43.8 Å². The van der Waals surface area contributed by atoms with Crippen molar-refractivity contribution in [3.05, 3.63) is 18.2 Å². The summed E-state index contributed by atoms with van der Waals surface area (Å²) >= 11 is 0. The number of likely N-dealkylation sites (tertiary alicyclic amines) is 1. The predicted molar refractivity (Wildman–Crippen MR) is 97.9 cm³/mol. The summed E-state index contributed by atoms with van der Waals surface area (Å²) in [5.74, 6) is -2.22. The monoisotopic (exact) mass is 405 g/mol. The molecule has 6 amide bonds. The molecule has 1 unspecified atom stereocenters. The molecule has 0 spiro atoms. The third-order valence-corrected chi connectivity index (χ3v) is 5.13. The quantitative estimate of drug-likeness (QED) is 0.420. The predicted octanol–water partition coefficient (Wildman–Crippen LogP) is -2.15.